The average Bonchev–Trinajstić information content (AvgIpc) is 2.83. The largest absolute Gasteiger partial charge is 0.381 e. The fraction of sp³-hybridized carbons (Fsp3) is 0.267. The van der Waals surface area contributed by atoms with E-state index in [0.717, 1.165) is 17.9 Å². The molecule has 0 saturated carbocycles. The van der Waals surface area contributed by atoms with Crippen LogP contribution in [0.4, 0.5) is 11.4 Å². The highest BCUT2D eigenvalue weighted by molar-refractivity contribution is 5.90. The molecular formula is C15H19N3O. The van der Waals surface area contributed by atoms with Gasteiger partial charge in [-0.25, -0.2) is 0 Å². The number of nitrogens with zero attached hydrogens (tertiary/aromatic N) is 1. The maximum absolute atomic E-state index is 11.3. The standard InChI is InChI=1S/C15H19N3O/c1-3-15(19)17-14-6-4-13(5-7-14)16-10-12-8-9-18(2)11-12/h4-9,11,16H,3,10H2,1-2H3,(H,17,19). The molecule has 1 aromatic carbocycles. The Bertz CT molecular complexity index is 543. The van der Waals surface area contributed by atoms with Crippen molar-refractivity contribution in [3.63, 3.8) is 0 Å². The number of hydrogen-bond donors (Lipinski definition) is 2. The van der Waals surface area contributed by atoms with E-state index in [-0.39, 0.29) is 5.91 Å². The third-order valence-electron chi connectivity index (χ3n) is 2.88. The van der Waals surface area contributed by atoms with Crippen molar-refractivity contribution in [3.05, 3.63) is 48.3 Å². The third-order valence-corrected chi connectivity index (χ3v) is 2.88. The lowest BCUT2D eigenvalue weighted by Gasteiger charge is -2.07. The van der Waals surface area contributed by atoms with Gasteiger partial charge in [-0.15, -0.1) is 0 Å². The number of carbonyl (C=O) groups is 1. The molecule has 1 heterocycles. The lowest BCUT2D eigenvalue weighted by atomic mass is 10.2. The molecule has 0 unspecified atom stereocenters. The van der Waals surface area contributed by atoms with E-state index < -0.39 is 0 Å². The van der Waals surface area contributed by atoms with Gasteiger partial charge in [-0.1, -0.05) is 6.92 Å². The van der Waals surface area contributed by atoms with Crippen LogP contribution in [0.5, 0.6) is 0 Å². The van der Waals surface area contributed by atoms with Crippen LogP contribution in [0.25, 0.3) is 0 Å². The van der Waals surface area contributed by atoms with Crippen LogP contribution >= 0.6 is 0 Å². The summed E-state index contributed by atoms with van der Waals surface area (Å²) in [6.07, 6.45) is 4.61. The summed E-state index contributed by atoms with van der Waals surface area (Å²) in [5.41, 5.74) is 3.11. The zero-order valence-electron chi connectivity index (χ0n) is 11.3. The van der Waals surface area contributed by atoms with Crippen LogP contribution in [0.3, 0.4) is 0 Å². The number of carbonyl (C=O) groups excluding carboxylic acids is 1. The van der Waals surface area contributed by atoms with E-state index in [1.165, 1.54) is 5.56 Å². The minimum absolute atomic E-state index is 0.0324. The summed E-state index contributed by atoms with van der Waals surface area (Å²) in [6.45, 7) is 2.63. The Morgan fingerprint density at radius 1 is 1.16 bits per heavy atom. The number of rotatable bonds is 5. The summed E-state index contributed by atoms with van der Waals surface area (Å²) in [6, 6.07) is 9.83. The summed E-state index contributed by atoms with van der Waals surface area (Å²) in [7, 11) is 2.01. The molecule has 0 bridgehead atoms. The lowest BCUT2D eigenvalue weighted by molar-refractivity contribution is -0.115. The van der Waals surface area contributed by atoms with Crippen molar-refractivity contribution in [3.8, 4) is 0 Å². The normalized spacial score (nSPS) is 10.2. The third kappa shape index (κ3) is 3.88. The molecule has 0 fully saturated rings. The quantitative estimate of drug-likeness (QED) is 0.865. The molecule has 2 rings (SSSR count). The Kier molecular flexibility index (Phi) is 4.23. The molecule has 0 aliphatic rings. The van der Waals surface area contributed by atoms with Crippen molar-refractivity contribution in [2.24, 2.45) is 7.05 Å². The molecule has 0 saturated heterocycles. The molecule has 0 aliphatic carbocycles. The van der Waals surface area contributed by atoms with E-state index in [2.05, 4.69) is 22.9 Å². The van der Waals surface area contributed by atoms with Crippen LogP contribution in [-0.4, -0.2) is 10.5 Å². The van der Waals surface area contributed by atoms with Gasteiger partial charge in [-0.2, -0.15) is 0 Å². The fourth-order valence-corrected chi connectivity index (χ4v) is 1.79. The van der Waals surface area contributed by atoms with Crippen molar-refractivity contribution in [1.82, 2.24) is 4.57 Å². The van der Waals surface area contributed by atoms with E-state index in [4.69, 9.17) is 0 Å². The predicted octanol–water partition coefficient (Wildman–Crippen LogP) is 2.99. The van der Waals surface area contributed by atoms with Gasteiger partial charge in [-0.3, -0.25) is 4.79 Å². The molecule has 0 spiro atoms. The molecule has 4 nitrogen and oxygen atoms in total. The van der Waals surface area contributed by atoms with Crippen molar-refractivity contribution in [2.75, 3.05) is 10.6 Å². The van der Waals surface area contributed by atoms with Crippen LogP contribution in [0.1, 0.15) is 18.9 Å². The molecule has 0 aliphatic heterocycles. The van der Waals surface area contributed by atoms with E-state index >= 15 is 0 Å². The first kappa shape index (κ1) is 13.2. The minimum atomic E-state index is 0.0324. The Hall–Kier alpha value is -2.23. The smallest absolute Gasteiger partial charge is 0.224 e. The second-order valence-electron chi connectivity index (χ2n) is 4.52. The first-order valence-electron chi connectivity index (χ1n) is 6.42. The van der Waals surface area contributed by atoms with E-state index in [1.807, 2.05) is 49.0 Å². The average molecular weight is 257 g/mol. The summed E-state index contributed by atoms with van der Waals surface area (Å²) in [5.74, 6) is 0.0324. The molecule has 2 N–H and O–H groups in total. The Morgan fingerprint density at radius 3 is 2.42 bits per heavy atom. The number of amides is 1. The van der Waals surface area contributed by atoms with Gasteiger partial charge in [-0.05, 0) is 35.9 Å². The van der Waals surface area contributed by atoms with Crippen LogP contribution < -0.4 is 10.6 Å². The first-order chi connectivity index (χ1) is 9.17. The van der Waals surface area contributed by atoms with Gasteiger partial charge in [0.25, 0.3) is 0 Å². The summed E-state index contributed by atoms with van der Waals surface area (Å²) >= 11 is 0. The van der Waals surface area contributed by atoms with E-state index in [0.29, 0.717) is 6.42 Å². The molecule has 4 heteroatoms. The lowest BCUT2D eigenvalue weighted by Crippen LogP contribution is -2.09. The van der Waals surface area contributed by atoms with Crippen molar-refractivity contribution < 1.29 is 4.79 Å². The highest BCUT2D eigenvalue weighted by Gasteiger charge is 1.99. The number of hydrogen-bond acceptors (Lipinski definition) is 2. The zero-order chi connectivity index (χ0) is 13.7. The predicted molar refractivity (Wildman–Crippen MR) is 78.1 cm³/mol. The monoisotopic (exact) mass is 257 g/mol. The highest BCUT2D eigenvalue weighted by Crippen LogP contribution is 2.14. The number of anilines is 2. The van der Waals surface area contributed by atoms with Gasteiger partial charge in [0.05, 0.1) is 0 Å². The summed E-state index contributed by atoms with van der Waals surface area (Å²) < 4.78 is 2.03. The Morgan fingerprint density at radius 2 is 1.84 bits per heavy atom. The van der Waals surface area contributed by atoms with Crippen LogP contribution in [-0.2, 0) is 18.4 Å². The molecule has 1 amide bonds. The molecule has 0 atom stereocenters. The number of aryl methyl sites for hydroxylation is 1. The molecular weight excluding hydrogens is 238 g/mol. The SMILES string of the molecule is CCC(=O)Nc1ccc(NCc2ccn(C)c2)cc1. The zero-order valence-corrected chi connectivity index (χ0v) is 11.3. The van der Waals surface area contributed by atoms with Gasteiger partial charge in [0, 0.05) is 43.8 Å². The van der Waals surface area contributed by atoms with Gasteiger partial charge in [0.2, 0.25) is 5.91 Å². The summed E-state index contributed by atoms with van der Waals surface area (Å²) in [4.78, 5) is 11.3. The van der Waals surface area contributed by atoms with Crippen molar-refractivity contribution in [2.45, 2.75) is 19.9 Å². The van der Waals surface area contributed by atoms with Crippen LogP contribution in [0, 0.1) is 0 Å². The van der Waals surface area contributed by atoms with Gasteiger partial charge in [0.1, 0.15) is 0 Å². The van der Waals surface area contributed by atoms with Crippen LogP contribution in [0.15, 0.2) is 42.7 Å². The van der Waals surface area contributed by atoms with E-state index in [9.17, 15) is 4.79 Å². The number of nitrogens with one attached hydrogen (secondary N) is 2. The van der Waals surface area contributed by atoms with E-state index in [1.54, 1.807) is 0 Å². The molecule has 1 aromatic heterocycles. The molecule has 19 heavy (non-hydrogen) atoms. The molecule has 2 aromatic rings. The Balaban J connectivity index is 1.89. The highest BCUT2D eigenvalue weighted by atomic mass is 16.1. The maximum Gasteiger partial charge on any atom is 0.224 e. The van der Waals surface area contributed by atoms with Crippen molar-refractivity contribution in [1.29, 1.82) is 0 Å². The van der Waals surface area contributed by atoms with Gasteiger partial charge >= 0.3 is 0 Å². The molecule has 100 valence electrons. The second kappa shape index (κ2) is 6.09. The van der Waals surface area contributed by atoms with Crippen molar-refractivity contribution >= 4 is 17.3 Å². The maximum atomic E-state index is 11.3. The topological polar surface area (TPSA) is 46.1 Å². The Labute approximate surface area is 113 Å². The van der Waals surface area contributed by atoms with Gasteiger partial charge in [0.15, 0.2) is 0 Å². The minimum Gasteiger partial charge on any atom is -0.381 e. The first-order valence-corrected chi connectivity index (χ1v) is 6.42. The number of aromatic nitrogens is 1. The number of benzene rings is 1. The van der Waals surface area contributed by atoms with Crippen LogP contribution in [0.2, 0.25) is 0 Å². The second-order valence-corrected chi connectivity index (χ2v) is 4.52. The fourth-order valence-electron chi connectivity index (χ4n) is 1.79. The summed E-state index contributed by atoms with van der Waals surface area (Å²) in [5, 5.41) is 6.17. The van der Waals surface area contributed by atoms with Gasteiger partial charge < -0.3 is 15.2 Å². The molecule has 0 radical (unpaired) electrons.